The molecule has 16 N–H and O–H groups in total. The van der Waals surface area contributed by atoms with E-state index in [1.54, 1.807) is 7.05 Å². The van der Waals surface area contributed by atoms with Gasteiger partial charge in [-0.25, -0.2) is 9.86 Å². The molecule has 3 aliphatic rings. The third-order valence-corrected chi connectivity index (χ3v) is 7.56. The van der Waals surface area contributed by atoms with E-state index in [0.29, 0.717) is 5.06 Å². The SMILES string of the molecule is CNCCN(O)C(=O)N[C@H]1C[C@@H](N)[C@H](O[C@H]2O[C@H](CN)[C@@H](O)[C@H](O)[C@H]2O)[C@@H](O)[C@@H]1O[C@H]1O[C@H](CO)[C@@H](O)[C@H](N)[C@H]1O. The molecule has 2 aliphatic heterocycles. The van der Waals surface area contributed by atoms with E-state index in [0.717, 1.165) is 0 Å². The topological polar surface area (TPSA) is 321 Å². The van der Waals surface area contributed by atoms with Crippen molar-refractivity contribution in [1.82, 2.24) is 15.7 Å². The quantitative estimate of drug-likeness (QED) is 0.0817. The molecular weight excluding hydrogens is 556 g/mol. The van der Waals surface area contributed by atoms with Crippen molar-refractivity contribution in [3.8, 4) is 0 Å². The minimum absolute atomic E-state index is 0.0936. The van der Waals surface area contributed by atoms with Gasteiger partial charge in [0.2, 0.25) is 0 Å². The van der Waals surface area contributed by atoms with Gasteiger partial charge in [-0.1, -0.05) is 0 Å². The second kappa shape index (κ2) is 14.9. The van der Waals surface area contributed by atoms with Crippen molar-refractivity contribution in [2.75, 3.05) is 33.3 Å². The van der Waals surface area contributed by atoms with Crippen molar-refractivity contribution in [2.24, 2.45) is 17.2 Å². The number of hydroxylamine groups is 2. The number of likely N-dealkylation sites (N-methyl/N-ethyl adjacent to an activating group) is 1. The monoisotopic (exact) mass is 600 g/mol. The number of nitrogens with zero attached hydrogens (tertiary/aromatic N) is 1. The Morgan fingerprint density at radius 3 is 2.12 bits per heavy atom. The third kappa shape index (κ3) is 7.59. The molecule has 3 fully saturated rings. The van der Waals surface area contributed by atoms with Crippen LogP contribution < -0.4 is 27.8 Å². The second-order valence-corrected chi connectivity index (χ2v) is 10.4. The Kier molecular flexibility index (Phi) is 12.4. The first-order chi connectivity index (χ1) is 19.4. The maximum absolute atomic E-state index is 12.6. The number of hydrogen-bond donors (Lipinski definition) is 13. The average Bonchev–Trinajstić information content (AvgIpc) is 2.95. The molecular formula is C22H44N6O13. The smallest absolute Gasteiger partial charge is 0.341 e. The number of aliphatic hydroxyl groups is 7. The maximum atomic E-state index is 12.6. The van der Waals surface area contributed by atoms with Crippen LogP contribution in [0.15, 0.2) is 0 Å². The van der Waals surface area contributed by atoms with E-state index < -0.39 is 104 Å². The fourth-order valence-electron chi connectivity index (χ4n) is 5.05. The van der Waals surface area contributed by atoms with Crippen LogP contribution in [0.5, 0.6) is 0 Å². The summed E-state index contributed by atoms with van der Waals surface area (Å²) in [6, 6.07) is -4.45. The number of ether oxygens (including phenoxy) is 4. The number of carbonyl (C=O) groups excluding carboxylic acids is 1. The molecule has 0 aromatic rings. The summed E-state index contributed by atoms with van der Waals surface area (Å²) in [5, 5.41) is 88.1. The zero-order valence-corrected chi connectivity index (χ0v) is 22.5. The first kappa shape index (κ1) is 34.1. The molecule has 19 nitrogen and oxygen atoms in total. The first-order valence-electron chi connectivity index (χ1n) is 13.3. The summed E-state index contributed by atoms with van der Waals surface area (Å²) in [5.74, 6) is 0. The van der Waals surface area contributed by atoms with Crippen LogP contribution in [0, 0.1) is 0 Å². The van der Waals surface area contributed by atoms with Crippen molar-refractivity contribution in [2.45, 2.75) is 98.2 Å². The van der Waals surface area contributed by atoms with Crippen molar-refractivity contribution >= 4 is 6.03 Å². The van der Waals surface area contributed by atoms with Gasteiger partial charge in [-0.05, 0) is 13.5 Å². The highest BCUT2D eigenvalue weighted by Crippen LogP contribution is 2.32. The van der Waals surface area contributed by atoms with Crippen molar-refractivity contribution < 1.29 is 64.7 Å². The lowest BCUT2D eigenvalue weighted by Crippen LogP contribution is -2.69. The molecule has 2 saturated heterocycles. The van der Waals surface area contributed by atoms with Crippen LogP contribution in [0.3, 0.4) is 0 Å². The number of urea groups is 1. The molecule has 0 aromatic heterocycles. The number of hydrogen-bond acceptors (Lipinski definition) is 17. The Morgan fingerprint density at radius 1 is 0.902 bits per heavy atom. The predicted molar refractivity (Wildman–Crippen MR) is 135 cm³/mol. The highest BCUT2D eigenvalue weighted by molar-refractivity contribution is 5.73. The fourth-order valence-corrected chi connectivity index (χ4v) is 5.05. The van der Waals surface area contributed by atoms with E-state index in [2.05, 4.69) is 10.6 Å². The predicted octanol–water partition coefficient (Wildman–Crippen LogP) is -7.63. The molecule has 240 valence electrons. The number of nitrogens with two attached hydrogens (primary N) is 3. The zero-order chi connectivity index (χ0) is 30.6. The van der Waals surface area contributed by atoms with Crippen LogP contribution in [0.1, 0.15) is 6.42 Å². The minimum atomic E-state index is -1.76. The van der Waals surface area contributed by atoms with Crippen LogP contribution in [-0.4, -0.2) is 177 Å². The normalized spacial score (nSPS) is 45.3. The number of nitrogens with one attached hydrogen (secondary N) is 2. The molecule has 0 aromatic carbocycles. The van der Waals surface area contributed by atoms with Gasteiger partial charge in [-0.15, -0.1) is 0 Å². The Balaban J connectivity index is 1.84. The molecule has 0 unspecified atom stereocenters. The molecule has 0 bridgehead atoms. The summed E-state index contributed by atoms with van der Waals surface area (Å²) in [7, 11) is 1.62. The van der Waals surface area contributed by atoms with Gasteiger partial charge in [-0.3, -0.25) is 5.21 Å². The molecule has 2 heterocycles. The summed E-state index contributed by atoms with van der Waals surface area (Å²) in [4.78, 5) is 12.6. The van der Waals surface area contributed by atoms with E-state index in [9.17, 15) is 45.7 Å². The molecule has 3 rings (SSSR count). The Bertz CT molecular complexity index is 833. The number of rotatable bonds is 10. The third-order valence-electron chi connectivity index (χ3n) is 7.56. The lowest BCUT2D eigenvalue weighted by atomic mass is 9.83. The summed E-state index contributed by atoms with van der Waals surface area (Å²) in [6.45, 7) is -0.747. The number of amides is 2. The summed E-state index contributed by atoms with van der Waals surface area (Å²) in [5.41, 5.74) is 17.7. The van der Waals surface area contributed by atoms with E-state index in [-0.39, 0.29) is 26.1 Å². The Hall–Kier alpha value is -1.37. The first-order valence-corrected chi connectivity index (χ1v) is 13.3. The molecule has 1 saturated carbocycles. The van der Waals surface area contributed by atoms with Crippen molar-refractivity contribution in [3.63, 3.8) is 0 Å². The molecule has 15 atom stereocenters. The van der Waals surface area contributed by atoms with E-state index in [4.69, 9.17) is 36.1 Å². The van der Waals surface area contributed by atoms with Crippen molar-refractivity contribution in [1.29, 1.82) is 0 Å². The number of carbonyl (C=O) groups is 1. The zero-order valence-electron chi connectivity index (χ0n) is 22.5. The number of aliphatic hydroxyl groups excluding tert-OH is 7. The van der Waals surface area contributed by atoms with E-state index >= 15 is 0 Å². The van der Waals surface area contributed by atoms with Crippen LogP contribution >= 0.6 is 0 Å². The molecule has 0 radical (unpaired) electrons. The van der Waals surface area contributed by atoms with Gasteiger partial charge in [0.1, 0.15) is 61.0 Å². The average molecular weight is 601 g/mol. The van der Waals surface area contributed by atoms with Gasteiger partial charge in [0.25, 0.3) is 0 Å². The second-order valence-electron chi connectivity index (χ2n) is 10.4. The highest BCUT2D eigenvalue weighted by atomic mass is 16.7. The van der Waals surface area contributed by atoms with Gasteiger partial charge >= 0.3 is 6.03 Å². The fraction of sp³-hybridized carbons (Fsp3) is 0.955. The Morgan fingerprint density at radius 2 is 1.51 bits per heavy atom. The van der Waals surface area contributed by atoms with Gasteiger partial charge in [-0.2, -0.15) is 0 Å². The largest absolute Gasteiger partial charge is 0.394 e. The van der Waals surface area contributed by atoms with E-state index in [1.807, 2.05) is 0 Å². The van der Waals surface area contributed by atoms with Crippen LogP contribution in [-0.2, 0) is 18.9 Å². The minimum Gasteiger partial charge on any atom is -0.394 e. The molecule has 1 aliphatic carbocycles. The standard InChI is InChI=1S/C22H44N6O13/c1-26-2-3-28(37)22(36)27-8-4-7(24)18(40-21-16(34)15(33)13(31)9(5-23)38-21)17(35)19(8)41-20-14(32)11(25)12(30)10(6-29)39-20/h7-21,26,29-35,37H,2-6,23-25H2,1H3,(H,27,36)/t7-,8+,9-,10-,11+,12-,13-,14-,15+,16-,17-,18+,19-,20-,21-/m1/s1. The lowest BCUT2D eigenvalue weighted by Gasteiger charge is -2.48. The van der Waals surface area contributed by atoms with Crippen LogP contribution in [0.25, 0.3) is 0 Å². The molecule has 19 heteroatoms. The summed E-state index contributed by atoms with van der Waals surface area (Å²) in [6.07, 6.45) is -18.3. The molecule has 0 spiro atoms. The summed E-state index contributed by atoms with van der Waals surface area (Å²) < 4.78 is 22.6. The molecule has 41 heavy (non-hydrogen) atoms. The van der Waals surface area contributed by atoms with Gasteiger partial charge in [0.15, 0.2) is 12.6 Å². The van der Waals surface area contributed by atoms with Gasteiger partial charge in [0.05, 0.1) is 25.2 Å². The van der Waals surface area contributed by atoms with Gasteiger partial charge < -0.3 is 82.5 Å². The lowest BCUT2D eigenvalue weighted by molar-refractivity contribution is -0.332. The van der Waals surface area contributed by atoms with Crippen LogP contribution in [0.4, 0.5) is 4.79 Å². The van der Waals surface area contributed by atoms with E-state index in [1.165, 1.54) is 0 Å². The molecule has 2 amide bonds. The summed E-state index contributed by atoms with van der Waals surface area (Å²) >= 11 is 0. The maximum Gasteiger partial charge on any atom is 0.341 e. The Labute approximate surface area is 235 Å². The van der Waals surface area contributed by atoms with Crippen LogP contribution in [0.2, 0.25) is 0 Å². The van der Waals surface area contributed by atoms with Crippen molar-refractivity contribution in [3.05, 3.63) is 0 Å². The highest BCUT2D eigenvalue weighted by Gasteiger charge is 2.52. The van der Waals surface area contributed by atoms with Gasteiger partial charge in [0, 0.05) is 19.1 Å².